The van der Waals surface area contributed by atoms with Crippen LogP contribution in [0.15, 0.2) is 77.7 Å². The van der Waals surface area contributed by atoms with E-state index in [0.29, 0.717) is 11.4 Å². The minimum Gasteiger partial charge on any atom is -0.491 e. The van der Waals surface area contributed by atoms with Gasteiger partial charge in [0.1, 0.15) is 18.1 Å². The summed E-state index contributed by atoms with van der Waals surface area (Å²) in [6.45, 7) is 4.40. The maximum Gasteiger partial charge on any atom is 0.264 e. The molecule has 3 aromatic rings. The molecule has 0 unspecified atom stereocenters. The number of carbonyl (C=O) groups excluding carboxylic acids is 1. The molecule has 0 saturated carbocycles. The molecule has 3 aromatic carbocycles. The Labute approximate surface area is 194 Å². The van der Waals surface area contributed by atoms with E-state index in [4.69, 9.17) is 9.47 Å². The number of hydrogen-bond donors (Lipinski definition) is 1. The van der Waals surface area contributed by atoms with Crippen LogP contribution in [-0.4, -0.2) is 40.1 Å². The molecular weight excluding hydrogens is 440 g/mol. The molecule has 1 atom stereocenters. The fraction of sp³-hybridized carbons (Fsp3) is 0.240. The third-order valence-corrected chi connectivity index (χ3v) is 7.14. The van der Waals surface area contributed by atoms with Gasteiger partial charge in [-0.1, -0.05) is 48.0 Å². The zero-order valence-electron chi connectivity index (χ0n) is 18.5. The number of amides is 1. The molecule has 0 radical (unpaired) electrons. The fourth-order valence-corrected chi connectivity index (χ4v) is 5.19. The average molecular weight is 467 g/mol. The van der Waals surface area contributed by atoms with Crippen LogP contribution < -0.4 is 19.1 Å². The third-order valence-electron chi connectivity index (χ3n) is 5.35. The predicted octanol–water partition coefficient (Wildman–Crippen LogP) is 3.45. The smallest absolute Gasteiger partial charge is 0.264 e. The van der Waals surface area contributed by atoms with Crippen molar-refractivity contribution in [2.24, 2.45) is 0 Å². The van der Waals surface area contributed by atoms with Crippen LogP contribution in [0.25, 0.3) is 0 Å². The molecule has 0 bridgehead atoms. The van der Waals surface area contributed by atoms with Crippen molar-refractivity contribution >= 4 is 21.6 Å². The first-order valence-corrected chi connectivity index (χ1v) is 12.1. The number of carbonyl (C=O) groups is 1. The molecule has 1 amide bonds. The zero-order valence-corrected chi connectivity index (χ0v) is 19.3. The molecule has 33 heavy (non-hydrogen) atoms. The molecule has 4 rings (SSSR count). The maximum absolute atomic E-state index is 13.3. The summed E-state index contributed by atoms with van der Waals surface area (Å²) in [4.78, 5) is 13.0. The molecular formula is C25H26N2O5S. The van der Waals surface area contributed by atoms with Crippen LogP contribution in [0.5, 0.6) is 11.5 Å². The van der Waals surface area contributed by atoms with Crippen molar-refractivity contribution in [3.63, 3.8) is 0 Å². The van der Waals surface area contributed by atoms with E-state index in [-0.39, 0.29) is 24.6 Å². The average Bonchev–Trinajstić information content (AvgIpc) is 2.82. The van der Waals surface area contributed by atoms with Gasteiger partial charge in [-0.15, -0.1) is 0 Å². The minimum atomic E-state index is -3.86. The number of anilines is 1. The molecule has 0 fully saturated rings. The van der Waals surface area contributed by atoms with Crippen LogP contribution in [0, 0.1) is 13.8 Å². The van der Waals surface area contributed by atoms with E-state index < -0.39 is 22.0 Å². The lowest BCUT2D eigenvalue weighted by atomic mass is 10.1. The molecule has 1 heterocycles. The van der Waals surface area contributed by atoms with Gasteiger partial charge in [0.05, 0.1) is 23.7 Å². The molecule has 0 saturated heterocycles. The fourth-order valence-electron chi connectivity index (χ4n) is 3.70. The third kappa shape index (κ3) is 4.96. The number of nitrogens with zero attached hydrogens (tertiary/aromatic N) is 1. The summed E-state index contributed by atoms with van der Waals surface area (Å²) < 4.78 is 39.5. The van der Waals surface area contributed by atoms with Crippen molar-refractivity contribution < 1.29 is 22.7 Å². The Morgan fingerprint density at radius 1 is 1.06 bits per heavy atom. The van der Waals surface area contributed by atoms with Crippen molar-refractivity contribution in [2.75, 3.05) is 24.0 Å². The van der Waals surface area contributed by atoms with Gasteiger partial charge in [-0.2, -0.15) is 0 Å². The molecule has 0 aliphatic carbocycles. The SMILES string of the molecule is Cc1ccc(OCCNC(=O)[C@H]2CN(S(=O)(=O)c3ccccc3)c3ccccc3O2)c(C)c1. The van der Waals surface area contributed by atoms with Crippen molar-refractivity contribution in [3.05, 3.63) is 83.9 Å². The highest BCUT2D eigenvalue weighted by Crippen LogP contribution is 2.36. The van der Waals surface area contributed by atoms with Crippen LogP contribution in [-0.2, 0) is 14.8 Å². The molecule has 1 N–H and O–H groups in total. The monoisotopic (exact) mass is 466 g/mol. The van der Waals surface area contributed by atoms with E-state index in [2.05, 4.69) is 5.32 Å². The Morgan fingerprint density at radius 3 is 2.55 bits per heavy atom. The van der Waals surface area contributed by atoms with E-state index in [0.717, 1.165) is 16.9 Å². The van der Waals surface area contributed by atoms with E-state index in [1.165, 1.54) is 16.4 Å². The number of benzene rings is 3. The number of sulfonamides is 1. The summed E-state index contributed by atoms with van der Waals surface area (Å²) in [6.07, 6.45) is -0.987. The zero-order chi connectivity index (χ0) is 23.4. The van der Waals surface area contributed by atoms with Crippen molar-refractivity contribution in [2.45, 2.75) is 24.8 Å². The predicted molar refractivity (Wildman–Crippen MR) is 126 cm³/mol. The summed E-state index contributed by atoms with van der Waals surface area (Å²) in [5.74, 6) is 0.703. The molecule has 0 aromatic heterocycles. The highest BCUT2D eigenvalue weighted by atomic mass is 32.2. The number of aryl methyl sites for hydroxylation is 2. The topological polar surface area (TPSA) is 84.9 Å². The first kappa shape index (κ1) is 22.7. The number of hydrogen-bond acceptors (Lipinski definition) is 5. The lowest BCUT2D eigenvalue weighted by Crippen LogP contribution is -2.51. The molecule has 7 nitrogen and oxygen atoms in total. The van der Waals surface area contributed by atoms with Crippen LogP contribution in [0.4, 0.5) is 5.69 Å². The van der Waals surface area contributed by atoms with Gasteiger partial charge in [-0.05, 0) is 49.7 Å². The van der Waals surface area contributed by atoms with Crippen LogP contribution in [0.1, 0.15) is 11.1 Å². The Morgan fingerprint density at radius 2 is 1.79 bits per heavy atom. The van der Waals surface area contributed by atoms with Crippen molar-refractivity contribution in [3.8, 4) is 11.5 Å². The Bertz CT molecular complexity index is 1240. The Kier molecular flexibility index (Phi) is 6.55. The summed E-state index contributed by atoms with van der Waals surface area (Å²) in [6, 6.07) is 20.9. The lowest BCUT2D eigenvalue weighted by molar-refractivity contribution is -0.127. The van der Waals surface area contributed by atoms with Gasteiger partial charge in [0.2, 0.25) is 0 Å². The Hall–Kier alpha value is -3.52. The van der Waals surface area contributed by atoms with Crippen LogP contribution >= 0.6 is 0 Å². The van der Waals surface area contributed by atoms with Gasteiger partial charge in [0.15, 0.2) is 6.10 Å². The number of nitrogens with one attached hydrogen (secondary N) is 1. The quantitative estimate of drug-likeness (QED) is 0.539. The first-order chi connectivity index (χ1) is 15.9. The molecule has 1 aliphatic heterocycles. The molecule has 172 valence electrons. The summed E-state index contributed by atoms with van der Waals surface area (Å²) in [5.41, 5.74) is 2.58. The lowest BCUT2D eigenvalue weighted by Gasteiger charge is -2.34. The van der Waals surface area contributed by atoms with Gasteiger partial charge in [-0.25, -0.2) is 8.42 Å². The highest BCUT2D eigenvalue weighted by molar-refractivity contribution is 7.92. The van der Waals surface area contributed by atoms with E-state index in [1.807, 2.05) is 32.0 Å². The van der Waals surface area contributed by atoms with Gasteiger partial charge < -0.3 is 14.8 Å². The summed E-state index contributed by atoms with van der Waals surface area (Å²) in [5, 5.41) is 2.79. The Balaban J connectivity index is 1.44. The van der Waals surface area contributed by atoms with Gasteiger partial charge in [-0.3, -0.25) is 9.10 Å². The normalized spacial score (nSPS) is 15.3. The van der Waals surface area contributed by atoms with Crippen molar-refractivity contribution in [1.82, 2.24) is 5.32 Å². The standard InChI is InChI=1S/C25H26N2O5S/c1-18-12-13-22(19(2)16-18)31-15-14-26-25(28)24-17-27(21-10-6-7-11-23(21)32-24)33(29,30)20-8-4-3-5-9-20/h3-13,16,24H,14-15,17H2,1-2H3,(H,26,28)/t24-/m1/s1. The molecule has 0 spiro atoms. The number of fused-ring (bicyclic) bond motifs is 1. The number of para-hydroxylation sites is 2. The van der Waals surface area contributed by atoms with E-state index in [9.17, 15) is 13.2 Å². The highest BCUT2D eigenvalue weighted by Gasteiger charge is 2.37. The number of rotatable bonds is 7. The second-order valence-electron chi connectivity index (χ2n) is 7.83. The minimum absolute atomic E-state index is 0.127. The van der Waals surface area contributed by atoms with Gasteiger partial charge in [0.25, 0.3) is 15.9 Å². The van der Waals surface area contributed by atoms with E-state index >= 15 is 0 Å². The second kappa shape index (κ2) is 9.54. The first-order valence-electron chi connectivity index (χ1n) is 10.7. The second-order valence-corrected chi connectivity index (χ2v) is 9.69. The van der Waals surface area contributed by atoms with E-state index in [1.54, 1.807) is 42.5 Å². The van der Waals surface area contributed by atoms with Crippen LogP contribution in [0.2, 0.25) is 0 Å². The van der Waals surface area contributed by atoms with Crippen molar-refractivity contribution in [1.29, 1.82) is 0 Å². The molecule has 1 aliphatic rings. The summed E-state index contributed by atoms with van der Waals surface area (Å²) >= 11 is 0. The molecule has 8 heteroatoms. The van der Waals surface area contributed by atoms with Gasteiger partial charge >= 0.3 is 0 Å². The summed E-state index contributed by atoms with van der Waals surface area (Å²) in [7, 11) is -3.86. The van der Waals surface area contributed by atoms with Crippen LogP contribution in [0.3, 0.4) is 0 Å². The number of ether oxygens (including phenoxy) is 2. The maximum atomic E-state index is 13.3. The van der Waals surface area contributed by atoms with Gasteiger partial charge in [0, 0.05) is 0 Å². The largest absolute Gasteiger partial charge is 0.491 e.